The molecule has 2 aliphatic heterocycles. The van der Waals surface area contributed by atoms with E-state index in [-0.39, 0.29) is 5.91 Å². The third-order valence-corrected chi connectivity index (χ3v) is 5.82. The van der Waals surface area contributed by atoms with Crippen LogP contribution in [0.25, 0.3) is 5.57 Å². The van der Waals surface area contributed by atoms with Gasteiger partial charge in [-0.1, -0.05) is 47.7 Å². The molecule has 6 heteroatoms. The molecule has 32 heavy (non-hydrogen) atoms. The minimum Gasteiger partial charge on any atom is -0.323 e. The van der Waals surface area contributed by atoms with E-state index in [4.69, 9.17) is 11.6 Å². The highest BCUT2D eigenvalue weighted by molar-refractivity contribution is 6.34. The van der Waals surface area contributed by atoms with E-state index >= 15 is 0 Å². The Morgan fingerprint density at radius 1 is 1.09 bits per heavy atom. The van der Waals surface area contributed by atoms with Gasteiger partial charge in [0.1, 0.15) is 0 Å². The SMILES string of the molecule is O=C1c2c(Cl)cc(C3=CN(Cc4ccccn4)NC3)cc2CN1CC#Cc1ccccc1. The maximum Gasteiger partial charge on any atom is 0.256 e. The molecule has 2 aliphatic rings. The van der Waals surface area contributed by atoms with E-state index in [0.717, 1.165) is 28.0 Å². The second-order valence-electron chi connectivity index (χ2n) is 7.76. The number of halogens is 1. The first-order valence-corrected chi connectivity index (χ1v) is 10.8. The molecule has 0 unspecified atom stereocenters. The van der Waals surface area contributed by atoms with Crippen LogP contribution < -0.4 is 5.43 Å². The van der Waals surface area contributed by atoms with E-state index in [2.05, 4.69) is 34.5 Å². The summed E-state index contributed by atoms with van der Waals surface area (Å²) in [6, 6.07) is 19.6. The average molecular weight is 441 g/mol. The van der Waals surface area contributed by atoms with Crippen LogP contribution in [0.2, 0.25) is 5.02 Å². The smallest absolute Gasteiger partial charge is 0.256 e. The zero-order valence-corrected chi connectivity index (χ0v) is 18.1. The molecule has 1 N–H and O–H groups in total. The van der Waals surface area contributed by atoms with Crippen LogP contribution >= 0.6 is 11.6 Å². The fraction of sp³-hybridized carbons (Fsp3) is 0.154. The lowest BCUT2D eigenvalue weighted by Gasteiger charge is -2.14. The zero-order valence-electron chi connectivity index (χ0n) is 17.4. The summed E-state index contributed by atoms with van der Waals surface area (Å²) in [5.41, 5.74) is 8.98. The number of nitrogens with zero attached hydrogens (tertiary/aromatic N) is 3. The number of fused-ring (bicyclic) bond motifs is 1. The van der Waals surface area contributed by atoms with Crippen molar-refractivity contribution in [2.24, 2.45) is 0 Å². The molecule has 0 saturated carbocycles. The van der Waals surface area contributed by atoms with E-state index in [1.54, 1.807) is 11.1 Å². The Hall–Kier alpha value is -3.59. The highest BCUT2D eigenvalue weighted by atomic mass is 35.5. The lowest BCUT2D eigenvalue weighted by Crippen LogP contribution is -2.28. The Kier molecular flexibility index (Phi) is 5.64. The number of benzene rings is 2. The van der Waals surface area contributed by atoms with Gasteiger partial charge in [-0.3, -0.25) is 9.78 Å². The Bertz CT molecular complexity index is 1250. The van der Waals surface area contributed by atoms with E-state index in [1.807, 2.05) is 59.6 Å². The quantitative estimate of drug-likeness (QED) is 0.620. The molecule has 0 aliphatic carbocycles. The second kappa shape index (κ2) is 8.88. The van der Waals surface area contributed by atoms with E-state index in [1.165, 1.54) is 0 Å². The molecule has 158 valence electrons. The summed E-state index contributed by atoms with van der Waals surface area (Å²) in [7, 11) is 0. The predicted octanol–water partition coefficient (Wildman–Crippen LogP) is 4.10. The number of carbonyl (C=O) groups is 1. The number of pyridine rings is 1. The average Bonchev–Trinajstić information content (AvgIpc) is 3.40. The van der Waals surface area contributed by atoms with Crippen LogP contribution in [0.5, 0.6) is 0 Å². The first kappa shape index (κ1) is 20.3. The lowest BCUT2D eigenvalue weighted by molar-refractivity contribution is 0.0799. The van der Waals surface area contributed by atoms with Gasteiger partial charge in [0, 0.05) is 31.0 Å². The molecule has 0 saturated heterocycles. The van der Waals surface area contributed by atoms with Gasteiger partial charge in [0.15, 0.2) is 0 Å². The summed E-state index contributed by atoms with van der Waals surface area (Å²) in [5, 5.41) is 2.51. The van der Waals surface area contributed by atoms with Crippen LogP contribution in [0, 0.1) is 11.8 Å². The maximum atomic E-state index is 12.9. The van der Waals surface area contributed by atoms with Gasteiger partial charge in [0.05, 0.1) is 29.4 Å². The number of aromatic nitrogens is 1. The molecule has 3 aromatic rings. The summed E-state index contributed by atoms with van der Waals surface area (Å²) in [6.07, 6.45) is 3.87. The molecule has 1 aromatic heterocycles. The number of amides is 1. The van der Waals surface area contributed by atoms with Crippen molar-refractivity contribution in [3.8, 4) is 11.8 Å². The lowest BCUT2D eigenvalue weighted by atomic mass is 10.0. The molecule has 0 spiro atoms. The van der Waals surface area contributed by atoms with Crippen LogP contribution in [0.1, 0.15) is 32.7 Å². The normalized spacial score (nSPS) is 14.8. The zero-order chi connectivity index (χ0) is 21.9. The first-order chi connectivity index (χ1) is 15.7. The van der Waals surface area contributed by atoms with Crippen molar-refractivity contribution in [2.45, 2.75) is 13.1 Å². The molecular formula is C26H21ClN4O. The van der Waals surface area contributed by atoms with Gasteiger partial charge in [-0.05, 0) is 53.1 Å². The predicted molar refractivity (Wildman–Crippen MR) is 125 cm³/mol. The third kappa shape index (κ3) is 4.24. The Balaban J connectivity index is 1.31. The molecule has 2 aromatic carbocycles. The van der Waals surface area contributed by atoms with E-state index in [9.17, 15) is 4.79 Å². The minimum atomic E-state index is -0.0609. The van der Waals surface area contributed by atoms with Crippen LogP contribution in [-0.4, -0.2) is 33.9 Å². The maximum absolute atomic E-state index is 12.9. The highest BCUT2D eigenvalue weighted by Crippen LogP contribution is 2.33. The molecule has 5 rings (SSSR count). The van der Waals surface area contributed by atoms with Crippen molar-refractivity contribution < 1.29 is 4.79 Å². The Morgan fingerprint density at radius 2 is 1.94 bits per heavy atom. The van der Waals surface area contributed by atoms with Crippen molar-refractivity contribution in [3.05, 3.63) is 106 Å². The molecular weight excluding hydrogens is 420 g/mol. The summed E-state index contributed by atoms with van der Waals surface area (Å²) in [4.78, 5) is 19.0. The molecule has 1 amide bonds. The summed E-state index contributed by atoms with van der Waals surface area (Å²) >= 11 is 6.55. The third-order valence-electron chi connectivity index (χ3n) is 5.52. The van der Waals surface area contributed by atoms with Crippen LogP contribution in [-0.2, 0) is 13.1 Å². The van der Waals surface area contributed by atoms with E-state index in [0.29, 0.717) is 36.8 Å². The topological polar surface area (TPSA) is 48.5 Å². The monoisotopic (exact) mass is 440 g/mol. The number of hydrogen-bond donors (Lipinski definition) is 1. The van der Waals surface area contributed by atoms with Crippen molar-refractivity contribution in [1.29, 1.82) is 0 Å². The molecule has 0 atom stereocenters. The summed E-state index contributed by atoms with van der Waals surface area (Å²) in [6.45, 7) is 2.26. The minimum absolute atomic E-state index is 0.0609. The number of hydrazine groups is 1. The fourth-order valence-corrected chi connectivity index (χ4v) is 4.27. The number of hydrogen-bond acceptors (Lipinski definition) is 4. The van der Waals surface area contributed by atoms with Crippen LogP contribution in [0.15, 0.2) is 73.1 Å². The van der Waals surface area contributed by atoms with Crippen molar-refractivity contribution in [2.75, 3.05) is 13.1 Å². The molecule has 5 nitrogen and oxygen atoms in total. The molecule has 0 bridgehead atoms. The molecule has 3 heterocycles. The van der Waals surface area contributed by atoms with Crippen molar-refractivity contribution >= 4 is 23.1 Å². The Morgan fingerprint density at radius 3 is 2.75 bits per heavy atom. The van der Waals surface area contributed by atoms with Gasteiger partial charge in [-0.2, -0.15) is 0 Å². The van der Waals surface area contributed by atoms with Gasteiger partial charge in [0.2, 0.25) is 0 Å². The van der Waals surface area contributed by atoms with Crippen LogP contribution in [0.4, 0.5) is 0 Å². The highest BCUT2D eigenvalue weighted by Gasteiger charge is 2.30. The second-order valence-corrected chi connectivity index (χ2v) is 8.17. The van der Waals surface area contributed by atoms with Gasteiger partial charge in [0.25, 0.3) is 5.91 Å². The molecule has 0 radical (unpaired) electrons. The standard InChI is InChI=1S/C26H21ClN4O/c27-24-14-20(22-15-29-31(17-22)18-23-10-4-5-11-28-23)13-21-16-30(26(32)25(21)24)12-6-9-19-7-2-1-3-8-19/h1-5,7-8,10-11,13-14,17,29H,12,15-16,18H2. The molecule has 0 fully saturated rings. The van der Waals surface area contributed by atoms with Gasteiger partial charge in [-0.25, -0.2) is 5.43 Å². The first-order valence-electron chi connectivity index (χ1n) is 10.4. The van der Waals surface area contributed by atoms with Crippen LogP contribution in [0.3, 0.4) is 0 Å². The van der Waals surface area contributed by atoms with Gasteiger partial charge in [-0.15, -0.1) is 0 Å². The number of rotatable bonds is 4. The van der Waals surface area contributed by atoms with Crippen molar-refractivity contribution in [1.82, 2.24) is 20.3 Å². The summed E-state index contributed by atoms with van der Waals surface area (Å²) < 4.78 is 0. The number of carbonyl (C=O) groups excluding carboxylic acids is 1. The van der Waals surface area contributed by atoms with E-state index < -0.39 is 0 Å². The number of nitrogens with one attached hydrogen (secondary N) is 1. The van der Waals surface area contributed by atoms with Gasteiger partial charge < -0.3 is 9.91 Å². The summed E-state index contributed by atoms with van der Waals surface area (Å²) in [5.74, 6) is 6.15. The van der Waals surface area contributed by atoms with Crippen molar-refractivity contribution in [3.63, 3.8) is 0 Å². The Labute approximate surface area is 192 Å². The van der Waals surface area contributed by atoms with Gasteiger partial charge >= 0.3 is 0 Å². The fourth-order valence-electron chi connectivity index (χ4n) is 3.95. The largest absolute Gasteiger partial charge is 0.323 e.